The van der Waals surface area contributed by atoms with Crippen LogP contribution in [0.1, 0.15) is 43.0 Å². The van der Waals surface area contributed by atoms with E-state index >= 15 is 0 Å². The van der Waals surface area contributed by atoms with Gasteiger partial charge in [-0.25, -0.2) is 13.4 Å². The van der Waals surface area contributed by atoms with Gasteiger partial charge in [-0.15, -0.1) is 0 Å². The molecule has 3 aromatic rings. The highest BCUT2D eigenvalue weighted by Crippen LogP contribution is 2.32. The summed E-state index contributed by atoms with van der Waals surface area (Å²) in [5.41, 5.74) is 1.22. The van der Waals surface area contributed by atoms with Crippen molar-refractivity contribution < 1.29 is 13.2 Å². The molecule has 2 aromatic carbocycles. The number of carbonyl (C=O) groups is 1. The van der Waals surface area contributed by atoms with Crippen molar-refractivity contribution in [1.82, 2.24) is 14.2 Å². The van der Waals surface area contributed by atoms with Gasteiger partial charge in [-0.1, -0.05) is 29.4 Å². The van der Waals surface area contributed by atoms with Crippen LogP contribution in [0.4, 0.5) is 5.13 Å². The Morgan fingerprint density at radius 1 is 1.14 bits per heavy atom. The minimum absolute atomic E-state index is 0.0187. The van der Waals surface area contributed by atoms with E-state index in [2.05, 4.69) is 9.88 Å². The molecule has 1 aliphatic rings. The van der Waals surface area contributed by atoms with E-state index in [4.69, 9.17) is 11.6 Å². The number of rotatable bonds is 8. The van der Waals surface area contributed by atoms with Gasteiger partial charge in [0.2, 0.25) is 10.0 Å². The first-order chi connectivity index (χ1) is 16.7. The first-order valence-electron chi connectivity index (χ1n) is 11.8. The molecule has 1 aromatic heterocycles. The van der Waals surface area contributed by atoms with E-state index in [1.54, 1.807) is 39.5 Å². The van der Waals surface area contributed by atoms with Crippen molar-refractivity contribution in [1.29, 1.82) is 0 Å². The fourth-order valence-corrected chi connectivity index (χ4v) is 7.29. The van der Waals surface area contributed by atoms with Gasteiger partial charge in [-0.3, -0.25) is 9.69 Å². The van der Waals surface area contributed by atoms with E-state index in [1.165, 1.54) is 11.3 Å². The number of carbonyl (C=O) groups excluding carboxylic acids is 1. The number of hydrogen-bond acceptors (Lipinski definition) is 6. The highest BCUT2D eigenvalue weighted by molar-refractivity contribution is 7.89. The molecule has 10 heteroatoms. The number of piperidine rings is 1. The van der Waals surface area contributed by atoms with Gasteiger partial charge >= 0.3 is 0 Å². The maximum absolute atomic E-state index is 13.6. The Kier molecular flexibility index (Phi) is 8.12. The van der Waals surface area contributed by atoms with E-state index in [0.717, 1.165) is 42.4 Å². The lowest BCUT2D eigenvalue weighted by molar-refractivity contribution is 0.0986. The summed E-state index contributed by atoms with van der Waals surface area (Å²) in [7, 11) is 0.397. The zero-order chi connectivity index (χ0) is 25.2. The molecule has 0 saturated carbocycles. The van der Waals surface area contributed by atoms with Crippen molar-refractivity contribution in [3.05, 3.63) is 53.1 Å². The average molecular weight is 535 g/mol. The van der Waals surface area contributed by atoms with Crippen LogP contribution >= 0.6 is 22.9 Å². The van der Waals surface area contributed by atoms with Crippen molar-refractivity contribution in [3.63, 3.8) is 0 Å². The number of halogens is 1. The van der Waals surface area contributed by atoms with Gasteiger partial charge in [0.15, 0.2) is 5.13 Å². The van der Waals surface area contributed by atoms with Gasteiger partial charge in [-0.05, 0) is 89.3 Å². The van der Waals surface area contributed by atoms with Gasteiger partial charge in [0.05, 0.1) is 15.1 Å². The predicted molar refractivity (Wildman–Crippen MR) is 143 cm³/mol. The van der Waals surface area contributed by atoms with Crippen LogP contribution in [0.2, 0.25) is 5.02 Å². The summed E-state index contributed by atoms with van der Waals surface area (Å²) >= 11 is 7.56. The van der Waals surface area contributed by atoms with Crippen LogP contribution in [-0.2, 0) is 10.0 Å². The summed E-state index contributed by atoms with van der Waals surface area (Å²) in [5.74, 6) is -0.204. The van der Waals surface area contributed by atoms with Crippen molar-refractivity contribution in [2.75, 3.05) is 38.6 Å². The molecule has 188 valence electrons. The number of amides is 1. The fraction of sp³-hybridized carbons (Fsp3) is 0.440. The van der Waals surface area contributed by atoms with Crippen LogP contribution in [0.5, 0.6) is 0 Å². The number of hydrogen-bond donors (Lipinski definition) is 0. The number of benzene rings is 2. The lowest BCUT2D eigenvalue weighted by Crippen LogP contribution is -2.41. The monoisotopic (exact) mass is 534 g/mol. The molecular weight excluding hydrogens is 504 g/mol. The highest BCUT2D eigenvalue weighted by atomic mass is 35.5. The second-order valence-electron chi connectivity index (χ2n) is 9.21. The molecule has 0 N–H and O–H groups in total. The Morgan fingerprint density at radius 3 is 2.57 bits per heavy atom. The van der Waals surface area contributed by atoms with Crippen LogP contribution in [-0.4, -0.2) is 68.3 Å². The second kappa shape index (κ2) is 10.9. The topological polar surface area (TPSA) is 73.8 Å². The van der Waals surface area contributed by atoms with E-state index in [9.17, 15) is 13.2 Å². The number of sulfonamides is 1. The Bertz CT molecular complexity index is 1290. The van der Waals surface area contributed by atoms with Crippen LogP contribution < -0.4 is 4.90 Å². The lowest BCUT2D eigenvalue weighted by atomic mass is 10.1. The molecule has 1 saturated heterocycles. The summed E-state index contributed by atoms with van der Waals surface area (Å²) in [4.78, 5) is 22.2. The molecule has 0 bridgehead atoms. The zero-order valence-corrected chi connectivity index (χ0v) is 22.7. The average Bonchev–Trinajstić information content (AvgIpc) is 3.24. The SMILES string of the molecule is CC1CCCCN1S(=O)(=O)c1ccc(C(=O)N(CCCN(C)C)c2nc3ccc(Cl)cc3s2)cc1. The Hall–Kier alpha value is -2.04. The maximum atomic E-state index is 13.6. The van der Waals surface area contributed by atoms with Crippen molar-refractivity contribution >= 4 is 54.2 Å². The van der Waals surface area contributed by atoms with Crippen LogP contribution in [0.25, 0.3) is 10.2 Å². The molecule has 7 nitrogen and oxygen atoms in total. The number of thiazole rings is 1. The normalized spacial score (nSPS) is 17.2. The summed E-state index contributed by atoms with van der Waals surface area (Å²) in [6, 6.07) is 11.8. The molecule has 2 heterocycles. The van der Waals surface area contributed by atoms with E-state index < -0.39 is 10.0 Å². The largest absolute Gasteiger partial charge is 0.309 e. The number of anilines is 1. The molecule has 1 amide bonds. The Labute approximate surface area is 216 Å². The molecule has 1 unspecified atom stereocenters. The fourth-order valence-electron chi connectivity index (χ4n) is 4.32. The van der Waals surface area contributed by atoms with E-state index in [1.807, 2.05) is 33.2 Å². The minimum atomic E-state index is -3.59. The highest BCUT2D eigenvalue weighted by Gasteiger charge is 2.31. The third kappa shape index (κ3) is 5.86. The molecule has 0 aliphatic carbocycles. The first kappa shape index (κ1) is 26.0. The summed E-state index contributed by atoms with van der Waals surface area (Å²) < 4.78 is 28.8. The standard InChI is InChI=1S/C25H31ClN4O3S2/c1-18-7-4-5-16-30(18)35(32,33)21-11-8-19(9-12-21)24(31)29(15-6-14-28(2)3)25-27-22-13-10-20(26)17-23(22)34-25/h8-13,17-18H,4-7,14-16H2,1-3H3. The molecule has 0 spiro atoms. The van der Waals surface area contributed by atoms with E-state index in [-0.39, 0.29) is 16.8 Å². The van der Waals surface area contributed by atoms with E-state index in [0.29, 0.717) is 28.8 Å². The number of nitrogens with zero attached hydrogens (tertiary/aromatic N) is 4. The van der Waals surface area contributed by atoms with Gasteiger partial charge in [0, 0.05) is 29.7 Å². The molecular formula is C25H31ClN4O3S2. The Balaban J connectivity index is 1.60. The lowest BCUT2D eigenvalue weighted by Gasteiger charge is -2.32. The first-order valence-corrected chi connectivity index (χ1v) is 14.4. The summed E-state index contributed by atoms with van der Waals surface area (Å²) in [5, 5.41) is 1.22. The summed E-state index contributed by atoms with van der Waals surface area (Å²) in [6.45, 7) is 3.80. The van der Waals surface area contributed by atoms with Gasteiger partial charge < -0.3 is 4.90 Å². The third-order valence-corrected chi connectivity index (χ3v) is 9.56. The maximum Gasteiger partial charge on any atom is 0.260 e. The van der Waals surface area contributed by atoms with Crippen LogP contribution in [0.3, 0.4) is 0 Å². The molecule has 35 heavy (non-hydrogen) atoms. The number of fused-ring (bicyclic) bond motifs is 1. The smallest absolute Gasteiger partial charge is 0.260 e. The molecule has 1 atom stereocenters. The third-order valence-electron chi connectivity index (χ3n) is 6.25. The number of aromatic nitrogens is 1. The minimum Gasteiger partial charge on any atom is -0.309 e. The van der Waals surface area contributed by atoms with Crippen LogP contribution in [0.15, 0.2) is 47.4 Å². The molecule has 1 aliphatic heterocycles. The van der Waals surface area contributed by atoms with Crippen molar-refractivity contribution in [2.24, 2.45) is 0 Å². The quantitative estimate of drug-likeness (QED) is 0.401. The Morgan fingerprint density at radius 2 is 1.89 bits per heavy atom. The molecule has 4 rings (SSSR count). The molecule has 1 fully saturated rings. The van der Waals surface area contributed by atoms with Gasteiger partial charge in [-0.2, -0.15) is 4.31 Å². The van der Waals surface area contributed by atoms with Crippen LogP contribution in [0, 0.1) is 0 Å². The van der Waals surface area contributed by atoms with Crippen molar-refractivity contribution in [3.8, 4) is 0 Å². The van der Waals surface area contributed by atoms with Gasteiger partial charge in [0.25, 0.3) is 5.91 Å². The van der Waals surface area contributed by atoms with Gasteiger partial charge in [0.1, 0.15) is 0 Å². The molecule has 0 radical (unpaired) electrons. The van der Waals surface area contributed by atoms with Crippen molar-refractivity contribution in [2.45, 2.75) is 43.5 Å². The summed E-state index contributed by atoms with van der Waals surface area (Å²) in [6.07, 6.45) is 3.55. The zero-order valence-electron chi connectivity index (χ0n) is 20.3. The second-order valence-corrected chi connectivity index (χ2v) is 12.5. The predicted octanol–water partition coefficient (Wildman–Crippen LogP) is 5.11.